The highest BCUT2D eigenvalue weighted by atomic mass is 32.2. The normalized spacial score (nSPS) is 18.6. The van der Waals surface area contributed by atoms with Crippen LogP contribution in [0.1, 0.15) is 51.4 Å². The lowest BCUT2D eigenvalue weighted by atomic mass is 10.2. The van der Waals surface area contributed by atoms with Gasteiger partial charge in [0.2, 0.25) is 17.0 Å². The van der Waals surface area contributed by atoms with Crippen molar-refractivity contribution in [1.29, 1.82) is 0 Å². The van der Waals surface area contributed by atoms with Gasteiger partial charge in [-0.25, -0.2) is 10.5 Å². The Morgan fingerprint density at radius 1 is 1.27 bits per heavy atom. The summed E-state index contributed by atoms with van der Waals surface area (Å²) in [4.78, 5) is 15.9. The first-order valence-corrected chi connectivity index (χ1v) is 8.94. The summed E-state index contributed by atoms with van der Waals surface area (Å²) in [5.41, 5.74) is 4.14. The van der Waals surface area contributed by atoms with Gasteiger partial charge in [-0.15, -0.1) is 5.10 Å². The second-order valence-corrected chi connectivity index (χ2v) is 6.74. The van der Waals surface area contributed by atoms with Crippen molar-refractivity contribution in [2.45, 2.75) is 62.6 Å². The molecule has 1 aromatic rings. The maximum Gasteiger partial charge on any atom is 0.240 e. The lowest BCUT2D eigenvalue weighted by molar-refractivity contribution is -0.118. The zero-order valence-electron chi connectivity index (χ0n) is 12.6. The van der Waals surface area contributed by atoms with Gasteiger partial charge < -0.3 is 5.32 Å². The van der Waals surface area contributed by atoms with Crippen LogP contribution in [0, 0.1) is 0 Å². The molecule has 120 valence electrons. The molecule has 2 fully saturated rings. The fourth-order valence-corrected chi connectivity index (χ4v) is 2.98. The molecule has 1 amide bonds. The molecule has 0 aliphatic heterocycles. The number of rotatable bonds is 6. The van der Waals surface area contributed by atoms with E-state index in [0.29, 0.717) is 22.9 Å². The largest absolute Gasteiger partial charge is 0.353 e. The first kappa shape index (κ1) is 15.3. The summed E-state index contributed by atoms with van der Waals surface area (Å²) in [6.07, 6.45) is 9.35. The van der Waals surface area contributed by atoms with Crippen LogP contribution in [0.15, 0.2) is 10.3 Å². The Morgan fingerprint density at radius 3 is 2.77 bits per heavy atom. The zero-order valence-corrected chi connectivity index (χ0v) is 13.4. The Morgan fingerprint density at radius 2 is 2.05 bits per heavy atom. The van der Waals surface area contributed by atoms with E-state index in [1.807, 2.05) is 0 Å². The number of carbonyl (C=O) groups excluding carboxylic acids is 1. The molecular weight excluding hydrogens is 300 g/mol. The number of hydrazone groups is 1. The van der Waals surface area contributed by atoms with Gasteiger partial charge in [0.1, 0.15) is 0 Å². The molecule has 22 heavy (non-hydrogen) atoms. The van der Waals surface area contributed by atoms with Crippen molar-refractivity contribution in [3.8, 4) is 0 Å². The van der Waals surface area contributed by atoms with E-state index >= 15 is 0 Å². The summed E-state index contributed by atoms with van der Waals surface area (Å²) in [6.45, 7) is 0. The first-order valence-electron chi connectivity index (χ1n) is 7.95. The zero-order chi connectivity index (χ0) is 15.2. The average Bonchev–Trinajstić information content (AvgIpc) is 3.27. The Labute approximate surface area is 134 Å². The predicted molar refractivity (Wildman–Crippen MR) is 87.0 cm³/mol. The van der Waals surface area contributed by atoms with E-state index in [1.54, 1.807) is 0 Å². The Hall–Kier alpha value is -1.57. The van der Waals surface area contributed by atoms with Gasteiger partial charge in [-0.1, -0.05) is 24.6 Å². The second kappa shape index (κ2) is 7.62. The molecular formula is C14H22N6OS. The van der Waals surface area contributed by atoms with Crippen LogP contribution in [-0.4, -0.2) is 38.6 Å². The molecule has 0 saturated heterocycles. The third-order valence-corrected chi connectivity index (χ3v) is 4.59. The summed E-state index contributed by atoms with van der Waals surface area (Å²) in [5, 5.41) is 14.8. The minimum atomic E-state index is 0.0468. The molecule has 0 unspecified atom stereocenters. The molecule has 2 aliphatic rings. The number of nitrogens with one attached hydrogen (secondary N) is 3. The number of carbonyl (C=O) groups is 1. The van der Waals surface area contributed by atoms with Crippen LogP contribution in [0.2, 0.25) is 0 Å². The fourth-order valence-electron chi connectivity index (χ4n) is 2.37. The highest BCUT2D eigenvalue weighted by Gasteiger charge is 2.23. The van der Waals surface area contributed by atoms with Gasteiger partial charge in [0.05, 0.1) is 5.75 Å². The van der Waals surface area contributed by atoms with Crippen LogP contribution in [0.3, 0.4) is 0 Å². The summed E-state index contributed by atoms with van der Waals surface area (Å²) < 4.78 is 0. The molecule has 7 nitrogen and oxygen atoms in total. The topological polar surface area (TPSA) is 95.1 Å². The number of aromatic amines is 1. The third kappa shape index (κ3) is 5.01. The first-order chi connectivity index (χ1) is 10.8. The van der Waals surface area contributed by atoms with Crippen LogP contribution in [0.25, 0.3) is 0 Å². The van der Waals surface area contributed by atoms with E-state index in [1.165, 1.54) is 43.2 Å². The molecule has 0 atom stereocenters. The number of nitrogens with zero attached hydrogens (tertiary/aromatic N) is 3. The summed E-state index contributed by atoms with van der Waals surface area (Å²) >= 11 is 1.33. The van der Waals surface area contributed by atoms with Crippen LogP contribution in [-0.2, 0) is 4.79 Å². The maximum atomic E-state index is 11.6. The SMILES string of the molecule is O=C(CSc1n[nH]c(NN=C2CCCCCC2)n1)NC1CC1. The smallest absolute Gasteiger partial charge is 0.240 e. The van der Waals surface area contributed by atoms with Crippen molar-refractivity contribution < 1.29 is 4.79 Å². The molecule has 1 heterocycles. The van der Waals surface area contributed by atoms with Crippen molar-refractivity contribution in [2.24, 2.45) is 5.10 Å². The maximum absolute atomic E-state index is 11.6. The van der Waals surface area contributed by atoms with Gasteiger partial charge >= 0.3 is 0 Å². The summed E-state index contributed by atoms with van der Waals surface area (Å²) in [5.74, 6) is 0.926. The number of hydrogen-bond donors (Lipinski definition) is 3. The van der Waals surface area contributed by atoms with E-state index < -0.39 is 0 Å². The second-order valence-electron chi connectivity index (χ2n) is 5.80. The number of hydrogen-bond acceptors (Lipinski definition) is 6. The molecule has 0 radical (unpaired) electrons. The monoisotopic (exact) mass is 322 g/mol. The fraction of sp³-hybridized carbons (Fsp3) is 0.714. The van der Waals surface area contributed by atoms with Crippen molar-refractivity contribution in [3.63, 3.8) is 0 Å². The van der Waals surface area contributed by atoms with E-state index in [9.17, 15) is 4.79 Å². The molecule has 0 bridgehead atoms. The van der Waals surface area contributed by atoms with Crippen LogP contribution < -0.4 is 10.7 Å². The van der Waals surface area contributed by atoms with Gasteiger partial charge in [-0.05, 0) is 38.5 Å². The molecule has 0 spiro atoms. The Balaban J connectivity index is 1.43. The lowest BCUT2D eigenvalue weighted by Crippen LogP contribution is -2.27. The number of H-pyrrole nitrogens is 1. The van der Waals surface area contributed by atoms with E-state index in [2.05, 4.69) is 31.0 Å². The molecule has 2 aliphatic carbocycles. The van der Waals surface area contributed by atoms with E-state index in [4.69, 9.17) is 0 Å². The van der Waals surface area contributed by atoms with Crippen molar-refractivity contribution in [3.05, 3.63) is 0 Å². The highest BCUT2D eigenvalue weighted by molar-refractivity contribution is 7.99. The highest BCUT2D eigenvalue weighted by Crippen LogP contribution is 2.20. The minimum absolute atomic E-state index is 0.0468. The van der Waals surface area contributed by atoms with Crippen LogP contribution in [0.4, 0.5) is 5.95 Å². The third-order valence-electron chi connectivity index (χ3n) is 3.74. The Bertz CT molecular complexity index is 529. The van der Waals surface area contributed by atoms with Crippen molar-refractivity contribution >= 4 is 29.3 Å². The van der Waals surface area contributed by atoms with Crippen molar-refractivity contribution in [2.75, 3.05) is 11.2 Å². The van der Waals surface area contributed by atoms with Gasteiger partial charge in [-0.3, -0.25) is 4.79 Å². The molecule has 0 aromatic carbocycles. The molecule has 3 N–H and O–H groups in total. The number of thioether (sulfide) groups is 1. The van der Waals surface area contributed by atoms with Gasteiger partial charge in [0, 0.05) is 11.8 Å². The van der Waals surface area contributed by atoms with Crippen molar-refractivity contribution in [1.82, 2.24) is 20.5 Å². The average molecular weight is 322 g/mol. The Kier molecular flexibility index (Phi) is 5.31. The quantitative estimate of drug-likeness (QED) is 0.424. The number of anilines is 1. The van der Waals surface area contributed by atoms with Crippen LogP contribution in [0.5, 0.6) is 0 Å². The molecule has 8 heteroatoms. The van der Waals surface area contributed by atoms with Crippen LogP contribution >= 0.6 is 11.8 Å². The standard InChI is InChI=1S/C14H22N6OS/c21-12(15-10-7-8-10)9-22-14-16-13(19-20-14)18-17-11-5-3-1-2-4-6-11/h10H,1-9H2,(H,15,21)(H2,16,18,19,20). The lowest BCUT2D eigenvalue weighted by Gasteiger charge is -2.01. The summed E-state index contributed by atoms with van der Waals surface area (Å²) in [7, 11) is 0. The predicted octanol–water partition coefficient (Wildman–Crippen LogP) is 2.30. The van der Waals surface area contributed by atoms with Gasteiger partial charge in [0.25, 0.3) is 0 Å². The van der Waals surface area contributed by atoms with Gasteiger partial charge in [0.15, 0.2) is 0 Å². The number of amides is 1. The molecule has 3 rings (SSSR count). The molecule has 2 saturated carbocycles. The number of aromatic nitrogens is 3. The van der Waals surface area contributed by atoms with E-state index in [0.717, 1.165) is 25.7 Å². The van der Waals surface area contributed by atoms with Gasteiger partial charge in [-0.2, -0.15) is 10.1 Å². The summed E-state index contributed by atoms with van der Waals surface area (Å²) in [6, 6.07) is 0.396. The molecule has 1 aromatic heterocycles. The minimum Gasteiger partial charge on any atom is -0.353 e. The van der Waals surface area contributed by atoms with E-state index in [-0.39, 0.29) is 5.91 Å².